The minimum Gasteiger partial charge on any atom is -0.339 e. The van der Waals surface area contributed by atoms with Crippen LogP contribution in [0.1, 0.15) is 72.9 Å². The van der Waals surface area contributed by atoms with E-state index in [1.54, 1.807) is 47.5 Å². The van der Waals surface area contributed by atoms with E-state index in [-0.39, 0.29) is 36.1 Å². The number of amides is 4. The van der Waals surface area contributed by atoms with Crippen LogP contribution >= 0.6 is 0 Å². The van der Waals surface area contributed by atoms with Gasteiger partial charge in [0.1, 0.15) is 5.54 Å². The lowest BCUT2D eigenvalue weighted by Crippen LogP contribution is -2.56. The van der Waals surface area contributed by atoms with E-state index in [9.17, 15) is 19.2 Å². The Morgan fingerprint density at radius 2 is 1.72 bits per heavy atom. The Hall–Kier alpha value is -3.55. The van der Waals surface area contributed by atoms with Gasteiger partial charge in [0.05, 0.1) is 17.8 Å². The minimum absolute atomic E-state index is 0.0893. The van der Waals surface area contributed by atoms with Crippen molar-refractivity contribution in [3.8, 4) is 0 Å². The van der Waals surface area contributed by atoms with Crippen molar-refractivity contribution in [1.82, 2.24) is 20.1 Å². The van der Waals surface area contributed by atoms with Crippen LogP contribution in [0.5, 0.6) is 0 Å². The van der Waals surface area contributed by atoms with Gasteiger partial charge in [0.2, 0.25) is 0 Å². The number of benzene rings is 1. The number of Topliss-reactive ketones (excluding diaryl/α,β-unsaturated/α-hetero) is 1. The molecule has 0 bridgehead atoms. The third kappa shape index (κ3) is 5.03. The first kappa shape index (κ1) is 25.5. The highest BCUT2D eigenvalue weighted by Gasteiger charge is 2.55. The molecule has 0 aliphatic carbocycles. The van der Waals surface area contributed by atoms with Gasteiger partial charge in [-0.2, -0.15) is 0 Å². The molecule has 0 radical (unpaired) electrons. The summed E-state index contributed by atoms with van der Waals surface area (Å²) >= 11 is 0. The maximum absolute atomic E-state index is 13.8. The number of piperidine rings is 1. The second-order valence-corrected chi connectivity index (χ2v) is 10.2. The molecule has 4 rings (SSSR count). The molecule has 0 spiro atoms. The number of nitrogens with zero attached hydrogens (tertiary/aromatic N) is 3. The molecule has 4 amide bonds. The minimum atomic E-state index is -0.984. The number of likely N-dealkylation sites (tertiary alicyclic amines) is 1. The van der Waals surface area contributed by atoms with E-state index in [4.69, 9.17) is 0 Å². The van der Waals surface area contributed by atoms with Crippen LogP contribution in [0, 0.1) is 11.8 Å². The predicted octanol–water partition coefficient (Wildman–Crippen LogP) is 4.06. The van der Waals surface area contributed by atoms with E-state index in [0.29, 0.717) is 55.1 Å². The van der Waals surface area contributed by atoms with Gasteiger partial charge in [0.15, 0.2) is 5.78 Å². The standard InChI is InChI=1S/C28H34N4O4/c1-19(2)11-14-28(26(35)32(27(36)30-28)18-22-8-6-7-15-29-22)21-12-16-31(17-13-21)25(34)24-10-5-4-9-23(24)20(3)33/h4-10,15,19,21H,11-14,16-18H2,1-3H3,(H,30,36). The molecule has 3 heterocycles. The summed E-state index contributed by atoms with van der Waals surface area (Å²) in [7, 11) is 0. The van der Waals surface area contributed by atoms with Gasteiger partial charge in [0, 0.05) is 24.8 Å². The Balaban J connectivity index is 1.52. The Kier molecular flexibility index (Phi) is 7.52. The SMILES string of the molecule is CC(=O)c1ccccc1C(=O)N1CCC(C2(CCC(C)C)NC(=O)N(Cc3ccccn3)C2=O)CC1. The van der Waals surface area contributed by atoms with E-state index in [0.717, 1.165) is 6.42 Å². The second-order valence-electron chi connectivity index (χ2n) is 10.2. The van der Waals surface area contributed by atoms with Gasteiger partial charge in [-0.05, 0) is 62.6 Å². The van der Waals surface area contributed by atoms with Crippen LogP contribution in [0.15, 0.2) is 48.7 Å². The predicted molar refractivity (Wildman–Crippen MR) is 135 cm³/mol. The van der Waals surface area contributed by atoms with Crippen molar-refractivity contribution in [2.75, 3.05) is 13.1 Å². The molecule has 2 aliphatic rings. The lowest BCUT2D eigenvalue weighted by molar-refractivity contribution is -0.134. The number of hydrogen-bond acceptors (Lipinski definition) is 5. The topological polar surface area (TPSA) is 99.7 Å². The molecule has 0 saturated carbocycles. The number of aromatic nitrogens is 1. The third-order valence-electron chi connectivity index (χ3n) is 7.38. The Labute approximate surface area is 212 Å². The maximum Gasteiger partial charge on any atom is 0.325 e. The Morgan fingerprint density at radius 3 is 2.33 bits per heavy atom. The normalized spacial score (nSPS) is 20.7. The maximum atomic E-state index is 13.8. The monoisotopic (exact) mass is 490 g/mol. The number of imide groups is 1. The molecule has 2 aromatic rings. The molecule has 2 aliphatic heterocycles. The van der Waals surface area contributed by atoms with Crippen molar-refractivity contribution in [2.24, 2.45) is 11.8 Å². The number of pyridine rings is 1. The van der Waals surface area contributed by atoms with Crippen LogP contribution in [0.3, 0.4) is 0 Å². The van der Waals surface area contributed by atoms with Crippen molar-refractivity contribution in [2.45, 2.75) is 58.5 Å². The molecule has 8 heteroatoms. The first-order valence-corrected chi connectivity index (χ1v) is 12.7. The fourth-order valence-corrected chi connectivity index (χ4v) is 5.33. The Bertz CT molecular complexity index is 1140. The smallest absolute Gasteiger partial charge is 0.325 e. The van der Waals surface area contributed by atoms with Gasteiger partial charge in [-0.3, -0.25) is 24.3 Å². The highest BCUT2D eigenvalue weighted by Crippen LogP contribution is 2.38. The summed E-state index contributed by atoms with van der Waals surface area (Å²) in [6.45, 7) is 6.73. The van der Waals surface area contributed by atoms with Crippen LogP contribution in [-0.4, -0.2) is 57.0 Å². The fraction of sp³-hybridized carbons (Fsp3) is 0.464. The first-order valence-electron chi connectivity index (χ1n) is 12.7. The molecule has 190 valence electrons. The van der Waals surface area contributed by atoms with Gasteiger partial charge >= 0.3 is 6.03 Å². The number of ketones is 1. The molecule has 36 heavy (non-hydrogen) atoms. The third-order valence-corrected chi connectivity index (χ3v) is 7.38. The quantitative estimate of drug-likeness (QED) is 0.444. The first-order chi connectivity index (χ1) is 17.2. The van der Waals surface area contributed by atoms with Gasteiger partial charge < -0.3 is 10.2 Å². The van der Waals surface area contributed by atoms with Crippen molar-refractivity contribution in [3.63, 3.8) is 0 Å². The summed E-state index contributed by atoms with van der Waals surface area (Å²) in [6, 6.07) is 11.9. The van der Waals surface area contributed by atoms with Crippen molar-refractivity contribution in [1.29, 1.82) is 0 Å². The number of carbonyl (C=O) groups is 4. The van der Waals surface area contributed by atoms with E-state index >= 15 is 0 Å². The molecular weight excluding hydrogens is 456 g/mol. The van der Waals surface area contributed by atoms with Crippen LogP contribution in [0.25, 0.3) is 0 Å². The van der Waals surface area contributed by atoms with Crippen LogP contribution in [-0.2, 0) is 11.3 Å². The molecule has 1 aromatic carbocycles. The second kappa shape index (κ2) is 10.6. The highest BCUT2D eigenvalue weighted by molar-refractivity contribution is 6.08. The molecule has 8 nitrogen and oxygen atoms in total. The van der Waals surface area contributed by atoms with Gasteiger partial charge in [-0.1, -0.05) is 38.1 Å². The zero-order chi connectivity index (χ0) is 25.9. The summed E-state index contributed by atoms with van der Waals surface area (Å²) in [5.41, 5.74) is 0.499. The van der Waals surface area contributed by atoms with Crippen molar-refractivity contribution in [3.05, 3.63) is 65.5 Å². The fourth-order valence-electron chi connectivity index (χ4n) is 5.33. The average Bonchev–Trinajstić information content (AvgIpc) is 3.13. The molecule has 1 N–H and O–H groups in total. The lowest BCUT2D eigenvalue weighted by atomic mass is 9.73. The molecule has 1 atom stereocenters. The molecule has 2 fully saturated rings. The average molecular weight is 491 g/mol. The van der Waals surface area contributed by atoms with E-state index in [2.05, 4.69) is 24.1 Å². The summed E-state index contributed by atoms with van der Waals surface area (Å²) in [6.07, 6.45) is 4.19. The van der Waals surface area contributed by atoms with Gasteiger partial charge in [-0.25, -0.2) is 4.79 Å². The molecule has 1 unspecified atom stereocenters. The molecular formula is C28H34N4O4. The van der Waals surface area contributed by atoms with E-state index in [1.807, 2.05) is 6.07 Å². The molecule has 2 saturated heterocycles. The van der Waals surface area contributed by atoms with E-state index < -0.39 is 5.54 Å². The van der Waals surface area contributed by atoms with Crippen molar-refractivity contribution >= 4 is 23.6 Å². The number of carbonyl (C=O) groups excluding carboxylic acids is 4. The number of nitrogens with one attached hydrogen (secondary N) is 1. The number of hydrogen-bond donors (Lipinski definition) is 1. The summed E-state index contributed by atoms with van der Waals surface area (Å²) in [5.74, 6) is -0.233. The van der Waals surface area contributed by atoms with Crippen LogP contribution in [0.2, 0.25) is 0 Å². The summed E-state index contributed by atoms with van der Waals surface area (Å²) < 4.78 is 0. The van der Waals surface area contributed by atoms with Crippen LogP contribution in [0.4, 0.5) is 4.79 Å². The largest absolute Gasteiger partial charge is 0.339 e. The van der Waals surface area contributed by atoms with Crippen molar-refractivity contribution < 1.29 is 19.2 Å². The number of urea groups is 1. The van der Waals surface area contributed by atoms with Gasteiger partial charge in [-0.15, -0.1) is 0 Å². The summed E-state index contributed by atoms with van der Waals surface area (Å²) in [4.78, 5) is 59.4. The lowest BCUT2D eigenvalue weighted by Gasteiger charge is -2.41. The number of rotatable bonds is 8. The summed E-state index contributed by atoms with van der Waals surface area (Å²) in [5, 5.41) is 3.07. The van der Waals surface area contributed by atoms with Gasteiger partial charge in [0.25, 0.3) is 11.8 Å². The van der Waals surface area contributed by atoms with E-state index in [1.165, 1.54) is 11.8 Å². The Morgan fingerprint density at radius 1 is 1.06 bits per heavy atom. The zero-order valence-corrected chi connectivity index (χ0v) is 21.2. The molecule has 1 aromatic heterocycles. The zero-order valence-electron chi connectivity index (χ0n) is 21.2. The van der Waals surface area contributed by atoms with Crippen LogP contribution < -0.4 is 5.32 Å². The highest BCUT2D eigenvalue weighted by atomic mass is 16.2.